The molecule has 1 N–H and O–H groups in total. The van der Waals surface area contributed by atoms with Gasteiger partial charge in [0.05, 0.1) is 36.5 Å². The Balaban J connectivity index is 1.32. The zero-order valence-corrected chi connectivity index (χ0v) is 20.4. The van der Waals surface area contributed by atoms with Crippen LogP contribution in [-0.4, -0.2) is 63.4 Å². The SMILES string of the molecule is COCC12CC(n3cc4cc(C(=O)Nc5cccn([C@H]6C[C@@H]6F)c5=O)c(OC(C)C)nc4n3)(CO1)C2. The summed E-state index contributed by atoms with van der Waals surface area (Å²) in [6, 6.07) is 4.31. The molecule has 3 aromatic heterocycles. The van der Waals surface area contributed by atoms with E-state index in [9.17, 15) is 14.0 Å². The normalized spacial score (nSPS) is 28.4. The van der Waals surface area contributed by atoms with Crippen LogP contribution < -0.4 is 15.6 Å². The number of anilines is 1. The molecule has 2 saturated heterocycles. The van der Waals surface area contributed by atoms with Crippen LogP contribution in [0, 0.1) is 0 Å². The zero-order chi connectivity index (χ0) is 25.2. The number of hydrogen-bond donors (Lipinski definition) is 1. The number of methoxy groups -OCH3 is 1. The molecule has 190 valence electrons. The zero-order valence-electron chi connectivity index (χ0n) is 20.4. The fourth-order valence-electron chi connectivity index (χ4n) is 5.43. The highest BCUT2D eigenvalue weighted by atomic mass is 19.1. The Morgan fingerprint density at radius 3 is 2.86 bits per heavy atom. The maximum absolute atomic E-state index is 13.5. The quantitative estimate of drug-likeness (QED) is 0.510. The van der Waals surface area contributed by atoms with Crippen LogP contribution in [0.25, 0.3) is 11.0 Å². The molecule has 2 saturated carbocycles. The molecule has 2 atom stereocenters. The first-order valence-electron chi connectivity index (χ1n) is 12.1. The minimum Gasteiger partial charge on any atom is -0.474 e. The van der Waals surface area contributed by atoms with Gasteiger partial charge in [0.2, 0.25) is 5.88 Å². The predicted octanol–water partition coefficient (Wildman–Crippen LogP) is 2.82. The summed E-state index contributed by atoms with van der Waals surface area (Å²) in [6.45, 7) is 4.75. The lowest BCUT2D eigenvalue weighted by Crippen LogP contribution is -2.53. The summed E-state index contributed by atoms with van der Waals surface area (Å²) in [4.78, 5) is 30.7. The number of carbonyl (C=O) groups excluding carboxylic acids is 1. The van der Waals surface area contributed by atoms with E-state index < -0.39 is 23.7 Å². The minimum absolute atomic E-state index is 0.0684. The number of ether oxygens (including phenoxy) is 3. The Kier molecular flexibility index (Phi) is 5.20. The van der Waals surface area contributed by atoms with Gasteiger partial charge in [0.25, 0.3) is 11.5 Å². The molecule has 11 heteroatoms. The average Bonchev–Trinajstić information content (AvgIpc) is 3.13. The van der Waals surface area contributed by atoms with Crippen molar-refractivity contribution in [3.8, 4) is 5.88 Å². The molecule has 2 aliphatic carbocycles. The maximum Gasteiger partial charge on any atom is 0.274 e. The first-order chi connectivity index (χ1) is 17.2. The van der Waals surface area contributed by atoms with Crippen molar-refractivity contribution < 1.29 is 23.4 Å². The number of pyridine rings is 2. The number of carbonyl (C=O) groups is 1. The van der Waals surface area contributed by atoms with Gasteiger partial charge < -0.3 is 24.1 Å². The van der Waals surface area contributed by atoms with E-state index in [2.05, 4.69) is 10.3 Å². The number of amides is 1. The highest BCUT2D eigenvalue weighted by Gasteiger charge is 2.64. The van der Waals surface area contributed by atoms with Gasteiger partial charge in [0.1, 0.15) is 17.4 Å². The molecular formula is C25H28FN5O5. The molecule has 0 unspecified atom stereocenters. The van der Waals surface area contributed by atoms with Gasteiger partial charge in [-0.25, -0.2) is 4.39 Å². The van der Waals surface area contributed by atoms with Crippen LogP contribution >= 0.6 is 0 Å². The van der Waals surface area contributed by atoms with Crippen LogP contribution in [-0.2, 0) is 15.0 Å². The van der Waals surface area contributed by atoms with Gasteiger partial charge in [-0.2, -0.15) is 10.1 Å². The van der Waals surface area contributed by atoms with E-state index in [4.69, 9.17) is 19.3 Å². The maximum atomic E-state index is 13.5. The van der Waals surface area contributed by atoms with Crippen LogP contribution in [0.2, 0.25) is 0 Å². The Morgan fingerprint density at radius 1 is 1.39 bits per heavy atom. The largest absolute Gasteiger partial charge is 0.474 e. The van der Waals surface area contributed by atoms with Gasteiger partial charge in [-0.3, -0.25) is 14.3 Å². The molecule has 2 aliphatic heterocycles. The fourth-order valence-corrected chi connectivity index (χ4v) is 5.43. The number of hydrogen-bond acceptors (Lipinski definition) is 7. The van der Waals surface area contributed by atoms with Crippen LogP contribution in [0.4, 0.5) is 10.1 Å². The van der Waals surface area contributed by atoms with Crippen molar-refractivity contribution >= 4 is 22.6 Å². The van der Waals surface area contributed by atoms with Crippen LogP contribution in [0.5, 0.6) is 5.88 Å². The smallest absolute Gasteiger partial charge is 0.274 e. The van der Waals surface area contributed by atoms with Crippen molar-refractivity contribution in [2.24, 2.45) is 0 Å². The standard InChI is InChI=1S/C25H28FN5O5/c1-14(2)36-22-16(21(32)27-18-5-4-6-30(23(18)33)19-8-17(19)26)7-15-9-31(29-20(15)28-22)24-10-25(11-24,13-34-3)35-12-24/h4-7,9,14,17,19H,8,10-13H2,1-3H3,(H,27,32)/t17-,19-,24?,25?/m0/s1. The van der Waals surface area contributed by atoms with Crippen LogP contribution in [0.15, 0.2) is 35.4 Å². The molecule has 3 aromatic rings. The highest BCUT2D eigenvalue weighted by molar-refractivity contribution is 6.07. The molecule has 5 heterocycles. The third kappa shape index (κ3) is 3.68. The second-order valence-electron chi connectivity index (χ2n) is 10.4. The van der Waals surface area contributed by atoms with E-state index in [1.54, 1.807) is 19.2 Å². The molecule has 0 aromatic carbocycles. The summed E-state index contributed by atoms with van der Waals surface area (Å²) < 4.78 is 33.9. The number of alkyl halides is 1. The predicted molar refractivity (Wildman–Crippen MR) is 128 cm³/mol. The van der Waals surface area contributed by atoms with E-state index >= 15 is 0 Å². The van der Waals surface area contributed by atoms with E-state index in [1.165, 1.54) is 16.8 Å². The lowest BCUT2D eigenvalue weighted by molar-refractivity contribution is -0.0694. The van der Waals surface area contributed by atoms with Gasteiger partial charge in [0.15, 0.2) is 5.65 Å². The number of nitrogens with zero attached hydrogens (tertiary/aromatic N) is 4. The first kappa shape index (κ1) is 23.1. The second-order valence-corrected chi connectivity index (χ2v) is 10.4. The fraction of sp³-hybridized carbons (Fsp3) is 0.520. The molecule has 4 aliphatic rings. The Morgan fingerprint density at radius 2 is 2.17 bits per heavy atom. The number of fused-ring (bicyclic) bond motifs is 2. The van der Waals surface area contributed by atoms with Gasteiger partial charge in [-0.05, 0) is 32.0 Å². The van der Waals surface area contributed by atoms with E-state index in [0.29, 0.717) is 30.7 Å². The molecule has 4 fully saturated rings. The van der Waals surface area contributed by atoms with Gasteiger partial charge in [-0.1, -0.05) is 0 Å². The van der Waals surface area contributed by atoms with E-state index in [1.807, 2.05) is 24.7 Å². The average molecular weight is 498 g/mol. The molecule has 0 radical (unpaired) electrons. The molecule has 1 amide bonds. The lowest BCUT2D eigenvalue weighted by atomic mass is 9.69. The summed E-state index contributed by atoms with van der Waals surface area (Å²) in [7, 11) is 1.67. The number of nitrogens with one attached hydrogen (secondary N) is 1. The van der Waals surface area contributed by atoms with Crippen LogP contribution in [0.1, 0.15) is 49.5 Å². The molecule has 36 heavy (non-hydrogen) atoms. The number of aromatic nitrogens is 4. The van der Waals surface area contributed by atoms with Crippen molar-refractivity contribution in [3.63, 3.8) is 0 Å². The molecule has 0 spiro atoms. The minimum atomic E-state index is -1.04. The number of halogens is 1. The number of rotatable bonds is 8. The topological polar surface area (TPSA) is 110 Å². The van der Waals surface area contributed by atoms with Crippen molar-refractivity contribution in [3.05, 3.63) is 46.5 Å². The Labute approximate surface area is 206 Å². The van der Waals surface area contributed by atoms with Crippen molar-refractivity contribution in [2.75, 3.05) is 25.6 Å². The van der Waals surface area contributed by atoms with Gasteiger partial charge in [0, 0.05) is 44.2 Å². The Bertz CT molecular complexity index is 1410. The monoisotopic (exact) mass is 497 g/mol. The Hall–Kier alpha value is -3.31. The summed E-state index contributed by atoms with van der Waals surface area (Å²) in [5.74, 6) is -0.412. The summed E-state index contributed by atoms with van der Waals surface area (Å²) in [5.41, 5.74) is -0.261. The third-order valence-electron chi connectivity index (χ3n) is 7.16. The van der Waals surface area contributed by atoms with Gasteiger partial charge >= 0.3 is 0 Å². The molecule has 2 bridgehead atoms. The second kappa shape index (κ2) is 8.10. The van der Waals surface area contributed by atoms with Crippen LogP contribution in [0.3, 0.4) is 0 Å². The van der Waals surface area contributed by atoms with Crippen molar-refractivity contribution in [1.82, 2.24) is 19.3 Å². The molecular weight excluding hydrogens is 469 g/mol. The first-order valence-corrected chi connectivity index (χ1v) is 12.1. The summed E-state index contributed by atoms with van der Waals surface area (Å²) in [5, 5.41) is 8.03. The summed E-state index contributed by atoms with van der Waals surface area (Å²) in [6.07, 6.45) is 4.02. The third-order valence-corrected chi connectivity index (χ3v) is 7.16. The van der Waals surface area contributed by atoms with Gasteiger partial charge in [-0.15, -0.1) is 0 Å². The van der Waals surface area contributed by atoms with Crippen molar-refractivity contribution in [2.45, 2.75) is 62.6 Å². The lowest BCUT2D eigenvalue weighted by Gasteiger charge is -2.43. The highest BCUT2D eigenvalue weighted by Crippen LogP contribution is 2.56. The summed E-state index contributed by atoms with van der Waals surface area (Å²) >= 11 is 0. The molecule has 10 nitrogen and oxygen atoms in total. The molecule has 7 rings (SSSR count). The van der Waals surface area contributed by atoms with Crippen molar-refractivity contribution in [1.29, 1.82) is 0 Å². The van der Waals surface area contributed by atoms with E-state index in [0.717, 1.165) is 12.8 Å². The van der Waals surface area contributed by atoms with E-state index in [-0.39, 0.29) is 34.4 Å².